The SMILES string of the molecule is C=C(C)[C@]1(C)CC[C@](C)(C(=C)C)C1=O. The molecule has 2 atom stereocenters. The Labute approximate surface area is 86.9 Å². The molecule has 0 saturated heterocycles. The van der Waals surface area contributed by atoms with Gasteiger partial charge in [0.2, 0.25) is 0 Å². The number of rotatable bonds is 2. The summed E-state index contributed by atoms with van der Waals surface area (Å²) >= 11 is 0. The molecule has 0 aromatic carbocycles. The van der Waals surface area contributed by atoms with Crippen molar-refractivity contribution in [2.24, 2.45) is 10.8 Å². The van der Waals surface area contributed by atoms with Gasteiger partial charge in [-0.05, 0) is 40.5 Å². The highest BCUT2D eigenvalue weighted by Crippen LogP contribution is 2.52. The van der Waals surface area contributed by atoms with E-state index in [1.807, 2.05) is 27.7 Å². The van der Waals surface area contributed by atoms with Crippen LogP contribution in [-0.2, 0) is 4.79 Å². The summed E-state index contributed by atoms with van der Waals surface area (Å²) in [5.41, 5.74) is 1.31. The standard InChI is InChI=1S/C13H20O/c1-9(2)12(5)7-8-13(6,10(3)4)11(12)14/h1,3,7-8H2,2,4-6H3/t12-,13+. The number of ketones is 1. The zero-order valence-corrected chi connectivity index (χ0v) is 9.74. The molecular weight excluding hydrogens is 172 g/mol. The number of allylic oxidation sites excluding steroid dienone is 2. The van der Waals surface area contributed by atoms with Gasteiger partial charge in [-0.2, -0.15) is 0 Å². The number of hydrogen-bond acceptors (Lipinski definition) is 1. The number of Topliss-reactive ketones (excluding diaryl/α,β-unsaturated/α-hetero) is 1. The Bertz CT molecular complexity index is 283. The van der Waals surface area contributed by atoms with Crippen LogP contribution in [0.1, 0.15) is 40.5 Å². The highest BCUT2D eigenvalue weighted by molar-refractivity contribution is 5.96. The molecule has 1 rings (SSSR count). The van der Waals surface area contributed by atoms with Crippen LogP contribution in [0.25, 0.3) is 0 Å². The maximum Gasteiger partial charge on any atom is 0.152 e. The first-order valence-electron chi connectivity index (χ1n) is 5.12. The van der Waals surface area contributed by atoms with E-state index >= 15 is 0 Å². The van der Waals surface area contributed by atoms with Crippen molar-refractivity contribution in [3.8, 4) is 0 Å². The van der Waals surface area contributed by atoms with Crippen LogP contribution in [0.3, 0.4) is 0 Å². The van der Waals surface area contributed by atoms with E-state index in [0.717, 1.165) is 24.0 Å². The van der Waals surface area contributed by atoms with E-state index in [1.54, 1.807) is 0 Å². The molecule has 0 N–H and O–H groups in total. The van der Waals surface area contributed by atoms with E-state index in [0.29, 0.717) is 5.78 Å². The maximum absolute atomic E-state index is 12.3. The normalized spacial score (nSPS) is 37.3. The summed E-state index contributed by atoms with van der Waals surface area (Å²) < 4.78 is 0. The summed E-state index contributed by atoms with van der Waals surface area (Å²) in [7, 11) is 0. The lowest BCUT2D eigenvalue weighted by atomic mass is 9.74. The van der Waals surface area contributed by atoms with Crippen LogP contribution in [-0.4, -0.2) is 5.78 Å². The molecular formula is C13H20O. The van der Waals surface area contributed by atoms with E-state index in [4.69, 9.17) is 0 Å². The molecule has 1 nitrogen and oxygen atoms in total. The molecule has 1 fully saturated rings. The molecule has 0 radical (unpaired) electrons. The monoisotopic (exact) mass is 192 g/mol. The van der Waals surface area contributed by atoms with Gasteiger partial charge >= 0.3 is 0 Å². The Morgan fingerprint density at radius 1 is 1.07 bits per heavy atom. The lowest BCUT2D eigenvalue weighted by Crippen LogP contribution is -2.32. The van der Waals surface area contributed by atoms with Crippen molar-refractivity contribution < 1.29 is 4.79 Å². The van der Waals surface area contributed by atoms with Crippen LogP contribution >= 0.6 is 0 Å². The quantitative estimate of drug-likeness (QED) is 0.612. The molecule has 0 heterocycles. The van der Waals surface area contributed by atoms with E-state index < -0.39 is 0 Å². The number of carbonyl (C=O) groups is 1. The fourth-order valence-corrected chi connectivity index (χ4v) is 2.15. The molecule has 1 saturated carbocycles. The maximum atomic E-state index is 12.3. The van der Waals surface area contributed by atoms with Gasteiger partial charge in [0.25, 0.3) is 0 Å². The molecule has 1 aliphatic rings. The summed E-state index contributed by atoms with van der Waals surface area (Å²) in [4.78, 5) is 12.3. The van der Waals surface area contributed by atoms with Gasteiger partial charge in [-0.25, -0.2) is 0 Å². The second-order valence-electron chi connectivity index (χ2n) is 5.05. The Balaban J connectivity index is 3.12. The fraction of sp³-hybridized carbons (Fsp3) is 0.615. The molecule has 0 aliphatic heterocycles. The van der Waals surface area contributed by atoms with Crippen LogP contribution in [0.2, 0.25) is 0 Å². The van der Waals surface area contributed by atoms with Crippen molar-refractivity contribution in [2.75, 3.05) is 0 Å². The third-order valence-electron chi connectivity index (χ3n) is 4.01. The first-order valence-corrected chi connectivity index (χ1v) is 5.12. The zero-order valence-electron chi connectivity index (χ0n) is 9.74. The summed E-state index contributed by atoms with van der Waals surface area (Å²) in [6.07, 6.45) is 1.81. The van der Waals surface area contributed by atoms with Crippen LogP contribution in [0, 0.1) is 10.8 Å². The molecule has 1 heteroatoms. The third-order valence-corrected chi connectivity index (χ3v) is 4.01. The average molecular weight is 192 g/mol. The van der Waals surface area contributed by atoms with Crippen LogP contribution in [0.4, 0.5) is 0 Å². The first kappa shape index (κ1) is 11.2. The largest absolute Gasteiger partial charge is 0.298 e. The van der Waals surface area contributed by atoms with Crippen molar-refractivity contribution in [1.82, 2.24) is 0 Å². The number of carbonyl (C=O) groups excluding carboxylic acids is 1. The van der Waals surface area contributed by atoms with Crippen molar-refractivity contribution in [2.45, 2.75) is 40.5 Å². The molecule has 0 aromatic heterocycles. The fourth-order valence-electron chi connectivity index (χ4n) is 2.15. The molecule has 1 aliphatic carbocycles. The van der Waals surface area contributed by atoms with E-state index in [9.17, 15) is 4.79 Å². The van der Waals surface area contributed by atoms with Gasteiger partial charge in [0, 0.05) is 10.8 Å². The van der Waals surface area contributed by atoms with Crippen molar-refractivity contribution in [1.29, 1.82) is 0 Å². The molecule has 0 spiro atoms. The van der Waals surface area contributed by atoms with Gasteiger partial charge in [-0.15, -0.1) is 0 Å². The van der Waals surface area contributed by atoms with Crippen LogP contribution in [0.15, 0.2) is 24.3 Å². The number of hydrogen-bond donors (Lipinski definition) is 0. The van der Waals surface area contributed by atoms with Crippen LogP contribution < -0.4 is 0 Å². The average Bonchev–Trinajstić information content (AvgIpc) is 2.32. The highest BCUT2D eigenvalue weighted by Gasteiger charge is 2.51. The second kappa shape index (κ2) is 3.08. The minimum atomic E-state index is -0.326. The van der Waals surface area contributed by atoms with Gasteiger partial charge in [0.15, 0.2) is 5.78 Å². The van der Waals surface area contributed by atoms with Gasteiger partial charge in [0.05, 0.1) is 0 Å². The van der Waals surface area contributed by atoms with Crippen molar-refractivity contribution in [3.05, 3.63) is 24.3 Å². The van der Waals surface area contributed by atoms with Crippen molar-refractivity contribution >= 4 is 5.78 Å². The summed E-state index contributed by atoms with van der Waals surface area (Å²) in [5.74, 6) is 0.296. The molecule has 0 bridgehead atoms. The smallest absolute Gasteiger partial charge is 0.152 e. The summed E-state index contributed by atoms with van der Waals surface area (Å²) in [5, 5.41) is 0. The third kappa shape index (κ3) is 1.26. The molecule has 0 amide bonds. The van der Waals surface area contributed by atoms with Gasteiger partial charge < -0.3 is 0 Å². The topological polar surface area (TPSA) is 17.1 Å². The van der Waals surface area contributed by atoms with Gasteiger partial charge in [-0.1, -0.05) is 24.3 Å². The second-order valence-corrected chi connectivity index (χ2v) is 5.05. The Morgan fingerprint density at radius 2 is 1.36 bits per heavy atom. The molecule has 14 heavy (non-hydrogen) atoms. The highest BCUT2D eigenvalue weighted by atomic mass is 16.1. The Morgan fingerprint density at radius 3 is 1.50 bits per heavy atom. The Kier molecular flexibility index (Phi) is 2.47. The minimum Gasteiger partial charge on any atom is -0.298 e. The minimum absolute atomic E-state index is 0.296. The zero-order chi connectivity index (χ0) is 11.1. The molecule has 0 unspecified atom stereocenters. The predicted molar refractivity (Wildman–Crippen MR) is 60.1 cm³/mol. The van der Waals surface area contributed by atoms with Crippen LogP contribution in [0.5, 0.6) is 0 Å². The summed E-state index contributed by atoms with van der Waals surface area (Å²) in [6.45, 7) is 15.8. The van der Waals surface area contributed by atoms with Gasteiger partial charge in [-0.3, -0.25) is 4.79 Å². The van der Waals surface area contributed by atoms with E-state index in [-0.39, 0.29) is 10.8 Å². The molecule has 78 valence electrons. The predicted octanol–water partition coefficient (Wildman–Crippen LogP) is 3.51. The molecule has 0 aromatic rings. The lowest BCUT2D eigenvalue weighted by Gasteiger charge is -2.28. The summed E-state index contributed by atoms with van der Waals surface area (Å²) in [6, 6.07) is 0. The van der Waals surface area contributed by atoms with E-state index in [1.165, 1.54) is 0 Å². The lowest BCUT2D eigenvalue weighted by molar-refractivity contribution is -0.129. The van der Waals surface area contributed by atoms with Gasteiger partial charge in [0.1, 0.15) is 0 Å². The van der Waals surface area contributed by atoms with Crippen molar-refractivity contribution in [3.63, 3.8) is 0 Å². The first-order chi connectivity index (χ1) is 6.25. The van der Waals surface area contributed by atoms with E-state index in [2.05, 4.69) is 13.2 Å². The Hall–Kier alpha value is -0.850.